The summed E-state index contributed by atoms with van der Waals surface area (Å²) in [5, 5.41) is 29.7. The van der Waals surface area contributed by atoms with Gasteiger partial charge in [0.15, 0.2) is 6.10 Å². The van der Waals surface area contributed by atoms with Gasteiger partial charge in [-0.1, -0.05) is 177 Å². The van der Waals surface area contributed by atoms with Crippen molar-refractivity contribution < 1.29 is 71.8 Å². The van der Waals surface area contributed by atoms with Crippen molar-refractivity contribution in [1.82, 2.24) is 0 Å². The molecule has 0 saturated heterocycles. The second kappa shape index (κ2) is 40.9. The van der Waals surface area contributed by atoms with Crippen molar-refractivity contribution in [2.24, 2.45) is 0 Å². The Hall–Kier alpha value is -2.52. The lowest BCUT2D eigenvalue weighted by Crippen LogP contribution is -2.29. The Kier molecular flexibility index (Phi) is 39.3. The summed E-state index contributed by atoms with van der Waals surface area (Å²) in [6.07, 6.45) is 38.2. The number of phosphoric acid groups is 2. The van der Waals surface area contributed by atoms with Crippen molar-refractivity contribution in [3.05, 3.63) is 72.9 Å². The highest BCUT2D eigenvalue weighted by Gasteiger charge is 2.28. The number of hydrogen-bond donors (Lipinski definition) is 6. The number of allylic oxidation sites excluding steroid dienone is 8. The zero-order valence-electron chi connectivity index (χ0n) is 37.9. The molecule has 0 aromatic heterocycles. The molecule has 5 atom stereocenters. The van der Waals surface area contributed by atoms with Crippen LogP contribution in [0.2, 0.25) is 0 Å². The molecule has 0 aromatic carbocycles. The number of aliphatic hydroxyl groups is 3. The number of rotatable bonds is 42. The lowest BCUT2D eigenvalue weighted by atomic mass is 10.0. The SMILES string of the molecule is CC/C=C\C[C@@H](O)/C=C/C=C\C=C\[C@@H](O)C/C=C\C/C=C\CCC(=O)OC[C@H](COP(=O)(O)OC[C@@H](O)COP(=O)(O)O)OC(=O)CCCCCCCCCCCCCCCCC. The van der Waals surface area contributed by atoms with Crippen LogP contribution in [0.5, 0.6) is 0 Å². The van der Waals surface area contributed by atoms with Gasteiger partial charge < -0.3 is 39.5 Å². The third-order valence-corrected chi connectivity index (χ3v) is 10.7. The number of phosphoric ester groups is 2. The largest absolute Gasteiger partial charge is 0.472 e. The average molecular weight is 935 g/mol. The minimum absolute atomic E-state index is 0.0120. The second-order valence-electron chi connectivity index (χ2n) is 15.4. The minimum Gasteiger partial charge on any atom is -0.462 e. The van der Waals surface area contributed by atoms with E-state index in [9.17, 15) is 38.9 Å². The zero-order valence-corrected chi connectivity index (χ0v) is 39.7. The van der Waals surface area contributed by atoms with E-state index in [1.54, 1.807) is 42.5 Å². The van der Waals surface area contributed by atoms with Gasteiger partial charge in [0.2, 0.25) is 0 Å². The minimum atomic E-state index is -4.89. The van der Waals surface area contributed by atoms with Gasteiger partial charge in [-0.25, -0.2) is 9.13 Å². The Morgan fingerprint density at radius 1 is 0.540 bits per heavy atom. The molecule has 364 valence electrons. The fourth-order valence-corrected chi connectivity index (χ4v) is 6.94. The molecule has 0 saturated carbocycles. The number of aliphatic hydroxyl groups excluding tert-OH is 3. The van der Waals surface area contributed by atoms with Gasteiger partial charge >= 0.3 is 27.6 Å². The van der Waals surface area contributed by atoms with Gasteiger partial charge in [-0.05, 0) is 38.5 Å². The maximum absolute atomic E-state index is 12.7. The molecule has 0 rings (SSSR count). The lowest BCUT2D eigenvalue weighted by molar-refractivity contribution is -0.161. The maximum Gasteiger partial charge on any atom is 0.472 e. The molecule has 0 aliphatic rings. The molecule has 0 bridgehead atoms. The molecule has 15 nitrogen and oxygen atoms in total. The highest BCUT2D eigenvalue weighted by atomic mass is 31.2. The molecule has 0 heterocycles. The Bertz CT molecular complexity index is 1420. The zero-order chi connectivity index (χ0) is 46.9. The van der Waals surface area contributed by atoms with Crippen molar-refractivity contribution in [1.29, 1.82) is 0 Å². The first kappa shape index (κ1) is 60.5. The highest BCUT2D eigenvalue weighted by molar-refractivity contribution is 7.47. The standard InChI is InChI=1S/C46H80O15P2/c1-3-5-7-8-9-10-11-12-13-14-15-16-17-22-30-36-46(51)61-44(40-60-63(55,56)59-38-43(49)37-58-62(52,53)54)39-57-45(50)35-29-21-19-18-20-26-32-42(48)34-28-24-23-27-33-41(47)31-25-6-4-2/h6,19-21,23-28,33-34,41-44,47-49H,3-5,7-18,22,29-32,35-40H2,1-2H3,(H,55,56)(H2,52,53,54)/b21-19-,24-23-,25-6-,26-20-,33-27+,34-28+/t41-,42+,43+,44-/m1/s1. The number of unbranched alkanes of at least 4 members (excludes halogenated alkanes) is 14. The molecule has 0 spiro atoms. The van der Waals surface area contributed by atoms with E-state index in [0.717, 1.165) is 32.1 Å². The van der Waals surface area contributed by atoms with E-state index >= 15 is 0 Å². The average Bonchev–Trinajstić information content (AvgIpc) is 3.23. The molecule has 0 radical (unpaired) electrons. The molecular weight excluding hydrogens is 854 g/mol. The quantitative estimate of drug-likeness (QED) is 0.0110. The van der Waals surface area contributed by atoms with E-state index < -0.39 is 78.4 Å². The molecule has 0 aromatic rings. The van der Waals surface area contributed by atoms with E-state index in [1.807, 2.05) is 37.3 Å². The van der Waals surface area contributed by atoms with Crippen LogP contribution in [-0.4, -0.2) is 92.8 Å². The molecule has 17 heteroatoms. The number of ether oxygens (including phenoxy) is 2. The predicted molar refractivity (Wildman–Crippen MR) is 246 cm³/mol. The number of hydrogen-bond acceptors (Lipinski definition) is 12. The number of carbonyl (C=O) groups is 2. The smallest absolute Gasteiger partial charge is 0.462 e. The van der Waals surface area contributed by atoms with Crippen molar-refractivity contribution in [3.63, 3.8) is 0 Å². The summed E-state index contributed by atoms with van der Waals surface area (Å²) >= 11 is 0. The third-order valence-electron chi connectivity index (χ3n) is 9.28. The van der Waals surface area contributed by atoms with E-state index in [4.69, 9.17) is 23.8 Å². The van der Waals surface area contributed by atoms with Gasteiger partial charge in [0.25, 0.3) is 0 Å². The molecule has 63 heavy (non-hydrogen) atoms. The first-order valence-electron chi connectivity index (χ1n) is 22.8. The highest BCUT2D eigenvalue weighted by Crippen LogP contribution is 2.43. The molecule has 0 aliphatic carbocycles. The monoisotopic (exact) mass is 934 g/mol. The van der Waals surface area contributed by atoms with E-state index in [-0.39, 0.29) is 12.8 Å². The van der Waals surface area contributed by atoms with E-state index in [0.29, 0.717) is 32.1 Å². The molecule has 0 aliphatic heterocycles. The number of esters is 2. The van der Waals surface area contributed by atoms with Gasteiger partial charge in [0.1, 0.15) is 12.7 Å². The molecular formula is C46H80O15P2. The van der Waals surface area contributed by atoms with Crippen LogP contribution in [0.1, 0.15) is 155 Å². The van der Waals surface area contributed by atoms with Gasteiger partial charge in [0.05, 0.1) is 32.0 Å². The van der Waals surface area contributed by atoms with Crippen LogP contribution in [0.3, 0.4) is 0 Å². The third kappa shape index (κ3) is 44.5. The Morgan fingerprint density at radius 3 is 1.57 bits per heavy atom. The summed E-state index contributed by atoms with van der Waals surface area (Å²) in [7, 11) is -9.74. The van der Waals surface area contributed by atoms with Gasteiger partial charge in [-0.15, -0.1) is 0 Å². The lowest BCUT2D eigenvalue weighted by Gasteiger charge is -2.20. The summed E-state index contributed by atoms with van der Waals surface area (Å²) in [4.78, 5) is 52.7. The van der Waals surface area contributed by atoms with Gasteiger partial charge in [-0.3, -0.25) is 23.2 Å². The summed E-state index contributed by atoms with van der Waals surface area (Å²) in [6, 6.07) is 0. The second-order valence-corrected chi connectivity index (χ2v) is 18.0. The van der Waals surface area contributed by atoms with Crippen molar-refractivity contribution in [3.8, 4) is 0 Å². The van der Waals surface area contributed by atoms with Crippen LogP contribution in [0.25, 0.3) is 0 Å². The summed E-state index contributed by atoms with van der Waals surface area (Å²) in [6.45, 7) is 1.38. The normalized spacial score (nSPS) is 15.6. The Labute approximate surface area is 377 Å². The number of carbonyl (C=O) groups excluding carboxylic acids is 2. The Morgan fingerprint density at radius 2 is 1.03 bits per heavy atom. The fraction of sp³-hybridized carbons (Fsp3) is 0.696. The van der Waals surface area contributed by atoms with Crippen molar-refractivity contribution in [2.75, 3.05) is 26.4 Å². The van der Waals surface area contributed by atoms with Gasteiger partial charge in [0, 0.05) is 12.8 Å². The first-order chi connectivity index (χ1) is 30.2. The van der Waals surface area contributed by atoms with Crippen LogP contribution in [0.4, 0.5) is 0 Å². The fourth-order valence-electron chi connectivity index (χ4n) is 5.78. The van der Waals surface area contributed by atoms with Crippen molar-refractivity contribution in [2.45, 2.75) is 180 Å². The van der Waals surface area contributed by atoms with Crippen LogP contribution in [0, 0.1) is 0 Å². The summed E-state index contributed by atoms with van der Waals surface area (Å²) in [5.41, 5.74) is 0. The van der Waals surface area contributed by atoms with Gasteiger partial charge in [-0.2, -0.15) is 0 Å². The van der Waals surface area contributed by atoms with Crippen molar-refractivity contribution >= 4 is 27.6 Å². The summed E-state index contributed by atoms with van der Waals surface area (Å²) in [5.74, 6) is -1.20. The van der Waals surface area contributed by atoms with Crippen LogP contribution in [0.15, 0.2) is 72.9 Å². The van der Waals surface area contributed by atoms with Crippen LogP contribution < -0.4 is 0 Å². The summed E-state index contributed by atoms with van der Waals surface area (Å²) < 4.78 is 47.7. The Balaban J connectivity index is 4.71. The van der Waals surface area contributed by atoms with Crippen LogP contribution in [-0.2, 0) is 41.8 Å². The maximum atomic E-state index is 12.7. The molecule has 1 unspecified atom stereocenters. The molecule has 0 fully saturated rings. The van der Waals surface area contributed by atoms with E-state index in [1.165, 1.54) is 64.2 Å². The van der Waals surface area contributed by atoms with Crippen LogP contribution >= 0.6 is 15.6 Å². The predicted octanol–water partition coefficient (Wildman–Crippen LogP) is 9.73. The van der Waals surface area contributed by atoms with E-state index in [2.05, 4.69) is 16.0 Å². The molecule has 6 N–H and O–H groups in total. The first-order valence-corrected chi connectivity index (χ1v) is 25.9. The molecule has 0 amide bonds. The topological polar surface area (TPSA) is 236 Å².